The van der Waals surface area contributed by atoms with Crippen molar-refractivity contribution >= 4 is 34.5 Å². The highest BCUT2D eigenvalue weighted by atomic mass is 35.5. The van der Waals surface area contributed by atoms with E-state index in [4.69, 9.17) is 11.6 Å². The van der Waals surface area contributed by atoms with Gasteiger partial charge in [0.05, 0.1) is 23.4 Å². The minimum Gasteiger partial charge on any atom is -0.449 e. The average molecular weight is 308 g/mol. The van der Waals surface area contributed by atoms with Crippen LogP contribution in [-0.2, 0) is 4.74 Å². The van der Waals surface area contributed by atoms with Crippen molar-refractivity contribution < 1.29 is 14.3 Å². The van der Waals surface area contributed by atoms with E-state index >= 15 is 0 Å². The zero-order valence-electron chi connectivity index (χ0n) is 11.6. The third-order valence-corrected chi connectivity index (χ3v) is 3.00. The van der Waals surface area contributed by atoms with Gasteiger partial charge in [-0.15, -0.1) is 0 Å². The van der Waals surface area contributed by atoms with Crippen LogP contribution in [0.5, 0.6) is 0 Å². The molecule has 110 valence electrons. The maximum absolute atomic E-state index is 12.0. The van der Waals surface area contributed by atoms with Crippen molar-refractivity contribution in [1.82, 2.24) is 15.8 Å². The Hall–Kier alpha value is -2.34. The number of carbonyl (C=O) groups is 2. The summed E-state index contributed by atoms with van der Waals surface area (Å²) in [4.78, 5) is 27.5. The SMILES string of the molecule is CCOC(=O)NNC(=O)c1cc2cc(Cl)ccc2nc1C. The quantitative estimate of drug-likeness (QED) is 0.836. The molecule has 0 unspecified atom stereocenters. The Bertz CT molecular complexity index is 703. The molecule has 0 aliphatic heterocycles. The normalized spacial score (nSPS) is 10.2. The van der Waals surface area contributed by atoms with E-state index in [-0.39, 0.29) is 6.61 Å². The van der Waals surface area contributed by atoms with Gasteiger partial charge in [-0.3, -0.25) is 15.2 Å². The van der Waals surface area contributed by atoms with Gasteiger partial charge < -0.3 is 4.74 Å². The Kier molecular flexibility index (Phi) is 4.59. The zero-order chi connectivity index (χ0) is 15.4. The molecule has 0 aliphatic carbocycles. The van der Waals surface area contributed by atoms with Gasteiger partial charge in [-0.2, -0.15) is 0 Å². The Morgan fingerprint density at radius 3 is 2.76 bits per heavy atom. The van der Waals surface area contributed by atoms with E-state index in [1.54, 1.807) is 38.1 Å². The fourth-order valence-electron chi connectivity index (χ4n) is 1.82. The van der Waals surface area contributed by atoms with Crippen molar-refractivity contribution in [2.75, 3.05) is 6.61 Å². The van der Waals surface area contributed by atoms with E-state index in [0.29, 0.717) is 16.3 Å². The molecule has 21 heavy (non-hydrogen) atoms. The Labute approximate surface area is 126 Å². The number of amides is 2. The number of halogens is 1. The zero-order valence-corrected chi connectivity index (χ0v) is 12.3. The summed E-state index contributed by atoms with van der Waals surface area (Å²) in [7, 11) is 0. The van der Waals surface area contributed by atoms with E-state index in [9.17, 15) is 9.59 Å². The molecule has 0 fully saturated rings. The number of benzene rings is 1. The van der Waals surface area contributed by atoms with Crippen molar-refractivity contribution in [2.45, 2.75) is 13.8 Å². The lowest BCUT2D eigenvalue weighted by atomic mass is 10.1. The second-order valence-corrected chi connectivity index (χ2v) is 4.69. The molecule has 2 N–H and O–H groups in total. The first-order valence-corrected chi connectivity index (χ1v) is 6.69. The third-order valence-electron chi connectivity index (χ3n) is 2.77. The third kappa shape index (κ3) is 3.61. The summed E-state index contributed by atoms with van der Waals surface area (Å²) < 4.78 is 4.65. The number of nitrogens with one attached hydrogen (secondary N) is 2. The van der Waals surface area contributed by atoms with Gasteiger partial charge in [0.25, 0.3) is 5.91 Å². The number of hydrogen-bond acceptors (Lipinski definition) is 4. The van der Waals surface area contributed by atoms with E-state index in [1.165, 1.54) is 0 Å². The lowest BCUT2D eigenvalue weighted by Gasteiger charge is -2.09. The molecular weight excluding hydrogens is 294 g/mol. The maximum atomic E-state index is 12.0. The highest BCUT2D eigenvalue weighted by molar-refractivity contribution is 6.31. The molecule has 2 amide bonds. The molecule has 1 aromatic carbocycles. The van der Waals surface area contributed by atoms with Crippen LogP contribution in [0.3, 0.4) is 0 Å². The Morgan fingerprint density at radius 2 is 2.05 bits per heavy atom. The summed E-state index contributed by atoms with van der Waals surface area (Å²) in [6.45, 7) is 3.60. The number of hydrazine groups is 1. The van der Waals surface area contributed by atoms with Gasteiger partial charge in [-0.25, -0.2) is 10.2 Å². The summed E-state index contributed by atoms with van der Waals surface area (Å²) in [5, 5.41) is 1.30. The monoisotopic (exact) mass is 307 g/mol. The maximum Gasteiger partial charge on any atom is 0.426 e. The largest absolute Gasteiger partial charge is 0.449 e. The van der Waals surface area contributed by atoms with Crippen molar-refractivity contribution in [1.29, 1.82) is 0 Å². The lowest BCUT2D eigenvalue weighted by molar-refractivity contribution is 0.0912. The average Bonchev–Trinajstić information content (AvgIpc) is 2.45. The summed E-state index contributed by atoms with van der Waals surface area (Å²) >= 11 is 5.93. The molecule has 0 radical (unpaired) electrons. The number of ether oxygens (including phenoxy) is 1. The minimum absolute atomic E-state index is 0.219. The van der Waals surface area contributed by atoms with Crippen molar-refractivity contribution in [3.63, 3.8) is 0 Å². The van der Waals surface area contributed by atoms with Crippen LogP contribution in [-0.4, -0.2) is 23.6 Å². The molecule has 2 aromatic rings. The number of hydrogen-bond donors (Lipinski definition) is 2. The molecule has 0 saturated heterocycles. The van der Waals surface area contributed by atoms with Gasteiger partial charge in [0.15, 0.2) is 0 Å². The Morgan fingerprint density at radius 1 is 1.29 bits per heavy atom. The van der Waals surface area contributed by atoms with Crippen LogP contribution >= 0.6 is 11.6 Å². The van der Waals surface area contributed by atoms with Gasteiger partial charge in [0, 0.05) is 10.4 Å². The smallest absolute Gasteiger partial charge is 0.426 e. The van der Waals surface area contributed by atoms with Gasteiger partial charge in [0.2, 0.25) is 0 Å². The van der Waals surface area contributed by atoms with Gasteiger partial charge >= 0.3 is 6.09 Å². The number of pyridine rings is 1. The second kappa shape index (κ2) is 6.41. The molecule has 6 nitrogen and oxygen atoms in total. The van der Waals surface area contributed by atoms with E-state index in [2.05, 4.69) is 20.6 Å². The van der Waals surface area contributed by atoms with Crippen molar-refractivity contribution in [2.24, 2.45) is 0 Å². The van der Waals surface area contributed by atoms with Crippen molar-refractivity contribution in [3.05, 3.63) is 40.5 Å². The van der Waals surface area contributed by atoms with Crippen LogP contribution in [0.2, 0.25) is 5.02 Å². The fraction of sp³-hybridized carbons (Fsp3) is 0.214. The minimum atomic E-state index is -0.722. The van der Waals surface area contributed by atoms with E-state index in [1.807, 2.05) is 0 Å². The number of fused-ring (bicyclic) bond motifs is 1. The van der Waals surface area contributed by atoms with Crippen LogP contribution in [0.1, 0.15) is 23.0 Å². The molecule has 7 heteroatoms. The van der Waals surface area contributed by atoms with Gasteiger partial charge in [-0.1, -0.05) is 11.6 Å². The lowest BCUT2D eigenvalue weighted by Crippen LogP contribution is -2.42. The molecule has 1 aromatic heterocycles. The van der Waals surface area contributed by atoms with E-state index in [0.717, 1.165) is 10.9 Å². The topological polar surface area (TPSA) is 80.3 Å². The summed E-state index contributed by atoms with van der Waals surface area (Å²) in [6.07, 6.45) is -0.722. The van der Waals surface area contributed by atoms with E-state index < -0.39 is 12.0 Å². The standard InChI is InChI=1S/C14H14ClN3O3/c1-3-21-14(20)18-17-13(19)11-7-9-6-10(15)4-5-12(9)16-8(11)2/h4-7H,3H2,1-2H3,(H,17,19)(H,18,20). The molecule has 0 bridgehead atoms. The number of nitrogens with zero attached hydrogens (tertiary/aromatic N) is 1. The first kappa shape index (κ1) is 15.1. The molecule has 0 saturated carbocycles. The first-order chi connectivity index (χ1) is 10.0. The molecule has 1 heterocycles. The predicted octanol–water partition coefficient (Wildman–Crippen LogP) is 2.59. The van der Waals surface area contributed by atoms with Crippen molar-refractivity contribution in [3.8, 4) is 0 Å². The molecular formula is C14H14ClN3O3. The number of aromatic nitrogens is 1. The van der Waals surface area contributed by atoms with Gasteiger partial charge in [-0.05, 0) is 38.1 Å². The molecule has 0 aliphatic rings. The highest BCUT2D eigenvalue weighted by Gasteiger charge is 2.13. The molecule has 0 atom stereocenters. The highest BCUT2D eigenvalue weighted by Crippen LogP contribution is 2.20. The molecule has 0 spiro atoms. The summed E-state index contributed by atoms with van der Waals surface area (Å²) in [6, 6.07) is 6.91. The first-order valence-electron chi connectivity index (χ1n) is 6.31. The summed E-state index contributed by atoms with van der Waals surface area (Å²) in [5.41, 5.74) is 6.06. The summed E-state index contributed by atoms with van der Waals surface area (Å²) in [5.74, 6) is -0.477. The van der Waals surface area contributed by atoms with Gasteiger partial charge in [0.1, 0.15) is 0 Å². The van der Waals surface area contributed by atoms with Crippen LogP contribution < -0.4 is 10.9 Å². The van der Waals surface area contributed by atoms with Crippen LogP contribution in [0.4, 0.5) is 4.79 Å². The number of rotatable bonds is 2. The molecule has 2 rings (SSSR count). The van der Waals surface area contributed by atoms with Crippen LogP contribution in [0.15, 0.2) is 24.3 Å². The predicted molar refractivity (Wildman–Crippen MR) is 79.1 cm³/mol. The number of carbonyl (C=O) groups excluding carboxylic acids is 2. The van der Waals surface area contributed by atoms with Crippen LogP contribution in [0.25, 0.3) is 10.9 Å². The van der Waals surface area contributed by atoms with Crippen LogP contribution in [0, 0.1) is 6.92 Å². The Balaban J connectivity index is 2.22. The second-order valence-electron chi connectivity index (χ2n) is 4.26. The fourth-order valence-corrected chi connectivity index (χ4v) is 2.00. The number of aryl methyl sites for hydroxylation is 1.